The normalized spacial score (nSPS) is 21.6. The lowest BCUT2D eigenvalue weighted by atomic mass is 9.90. The Balaban J connectivity index is 1.90. The van der Waals surface area contributed by atoms with Crippen LogP contribution in [-0.4, -0.2) is 75.9 Å². The second-order valence-electron chi connectivity index (χ2n) is 12.3. The van der Waals surface area contributed by atoms with Gasteiger partial charge in [0.25, 0.3) is 5.91 Å². The summed E-state index contributed by atoms with van der Waals surface area (Å²) in [6.07, 6.45) is 12.9. The Morgan fingerprint density at radius 1 is 1.12 bits per heavy atom. The highest BCUT2D eigenvalue weighted by molar-refractivity contribution is 7.87. The predicted molar refractivity (Wildman–Crippen MR) is 172 cm³/mol. The SMILES string of the molecule is C/C=C1\C(=C/COC)C2CC2(C(=O)N(C)C)Cn2c1c(CCCCCCCC)c1ccc(C(=O)NS(=O)(=O)N(C)C)cc12. The van der Waals surface area contributed by atoms with Crippen molar-refractivity contribution in [3.63, 3.8) is 0 Å². The molecule has 236 valence electrons. The molecule has 0 bridgehead atoms. The van der Waals surface area contributed by atoms with Gasteiger partial charge in [0.05, 0.1) is 17.7 Å². The van der Waals surface area contributed by atoms with E-state index in [1.165, 1.54) is 45.3 Å². The molecule has 43 heavy (non-hydrogen) atoms. The van der Waals surface area contributed by atoms with E-state index in [2.05, 4.69) is 28.4 Å². The minimum absolute atomic E-state index is 0.0670. The molecule has 1 aliphatic carbocycles. The van der Waals surface area contributed by atoms with Crippen LogP contribution in [0.15, 0.2) is 35.9 Å². The van der Waals surface area contributed by atoms with Crippen LogP contribution in [-0.2, 0) is 32.7 Å². The molecule has 2 atom stereocenters. The van der Waals surface area contributed by atoms with Gasteiger partial charge in [-0.2, -0.15) is 12.7 Å². The first-order chi connectivity index (χ1) is 20.4. The van der Waals surface area contributed by atoms with Gasteiger partial charge < -0.3 is 14.2 Å². The molecule has 2 unspecified atom stereocenters. The number of methoxy groups -OCH3 is 1. The van der Waals surface area contributed by atoms with Gasteiger partial charge in [-0.1, -0.05) is 57.2 Å². The molecule has 1 aliphatic heterocycles. The first-order valence-corrected chi connectivity index (χ1v) is 16.8. The van der Waals surface area contributed by atoms with Gasteiger partial charge >= 0.3 is 10.2 Å². The summed E-state index contributed by atoms with van der Waals surface area (Å²) in [4.78, 5) is 28.6. The Kier molecular flexibility index (Phi) is 10.2. The minimum Gasteiger partial charge on any atom is -0.381 e. The number of carbonyl (C=O) groups excluding carboxylic acids is 2. The maximum Gasteiger partial charge on any atom is 0.303 e. The van der Waals surface area contributed by atoms with E-state index in [1.54, 1.807) is 38.2 Å². The molecule has 10 heteroatoms. The summed E-state index contributed by atoms with van der Waals surface area (Å²) >= 11 is 0. The smallest absolute Gasteiger partial charge is 0.303 e. The van der Waals surface area contributed by atoms with Crippen molar-refractivity contribution in [3.8, 4) is 0 Å². The van der Waals surface area contributed by atoms with Crippen molar-refractivity contribution in [1.29, 1.82) is 0 Å². The number of fused-ring (bicyclic) bond motifs is 4. The summed E-state index contributed by atoms with van der Waals surface area (Å²) in [6, 6.07) is 5.43. The monoisotopic (exact) mass is 612 g/mol. The van der Waals surface area contributed by atoms with E-state index in [1.807, 2.05) is 13.0 Å². The molecule has 4 rings (SSSR count). The van der Waals surface area contributed by atoms with Crippen LogP contribution in [0.2, 0.25) is 0 Å². The number of hydrogen-bond acceptors (Lipinski definition) is 5. The van der Waals surface area contributed by atoms with Crippen LogP contribution in [0.1, 0.15) is 80.4 Å². The molecule has 1 aromatic carbocycles. The Hall–Kier alpha value is -2.95. The number of nitrogens with zero attached hydrogens (tertiary/aromatic N) is 3. The number of rotatable bonds is 13. The molecular weight excluding hydrogens is 564 g/mol. The molecule has 9 nitrogen and oxygen atoms in total. The molecule has 1 saturated carbocycles. The number of benzene rings is 1. The van der Waals surface area contributed by atoms with Gasteiger partial charge in [0, 0.05) is 64.2 Å². The molecule has 1 N–H and O–H groups in total. The van der Waals surface area contributed by atoms with E-state index in [4.69, 9.17) is 4.74 Å². The molecule has 0 radical (unpaired) electrons. The van der Waals surface area contributed by atoms with Gasteiger partial charge in [-0.15, -0.1) is 0 Å². The van der Waals surface area contributed by atoms with Crippen molar-refractivity contribution in [1.82, 2.24) is 18.5 Å². The molecule has 2 aromatic rings. The lowest BCUT2D eigenvalue weighted by molar-refractivity contribution is -0.135. The van der Waals surface area contributed by atoms with E-state index < -0.39 is 21.5 Å². The predicted octanol–water partition coefficient (Wildman–Crippen LogP) is 5.16. The van der Waals surface area contributed by atoms with Crippen LogP contribution >= 0.6 is 0 Å². The van der Waals surface area contributed by atoms with Gasteiger partial charge in [-0.25, -0.2) is 4.72 Å². The van der Waals surface area contributed by atoms with E-state index in [0.29, 0.717) is 13.2 Å². The number of amides is 2. The summed E-state index contributed by atoms with van der Waals surface area (Å²) in [5.74, 6) is -0.528. The Bertz CT molecular complexity index is 1540. The van der Waals surface area contributed by atoms with Gasteiger partial charge in [0.1, 0.15) is 0 Å². The average molecular weight is 613 g/mol. The summed E-state index contributed by atoms with van der Waals surface area (Å²) in [7, 11) is 4.09. The fourth-order valence-electron chi connectivity index (χ4n) is 6.61. The van der Waals surface area contributed by atoms with Gasteiger partial charge in [0.15, 0.2) is 0 Å². The summed E-state index contributed by atoms with van der Waals surface area (Å²) in [5, 5.41) is 1.03. The molecule has 1 aromatic heterocycles. The zero-order valence-electron chi connectivity index (χ0n) is 26.8. The first-order valence-electron chi connectivity index (χ1n) is 15.4. The van der Waals surface area contributed by atoms with Crippen molar-refractivity contribution < 1.29 is 22.7 Å². The highest BCUT2D eigenvalue weighted by atomic mass is 32.2. The third-order valence-corrected chi connectivity index (χ3v) is 10.4. The zero-order chi connectivity index (χ0) is 31.5. The number of aryl methyl sites for hydroxylation is 1. The molecule has 2 aliphatic rings. The Morgan fingerprint density at radius 3 is 2.44 bits per heavy atom. The van der Waals surface area contributed by atoms with Crippen LogP contribution in [0.4, 0.5) is 0 Å². The molecule has 0 spiro atoms. The molecule has 0 saturated heterocycles. The maximum absolute atomic E-state index is 13.8. The van der Waals surface area contributed by atoms with Crippen molar-refractivity contribution in [2.24, 2.45) is 11.3 Å². The van der Waals surface area contributed by atoms with Crippen molar-refractivity contribution in [2.45, 2.75) is 71.8 Å². The summed E-state index contributed by atoms with van der Waals surface area (Å²) in [6.45, 7) is 5.20. The topological polar surface area (TPSA) is 101 Å². The second-order valence-corrected chi connectivity index (χ2v) is 14.2. The molecule has 1 fully saturated rings. The number of aromatic nitrogens is 1. The van der Waals surface area contributed by atoms with E-state index >= 15 is 0 Å². The van der Waals surface area contributed by atoms with Crippen molar-refractivity contribution >= 4 is 38.5 Å². The van der Waals surface area contributed by atoms with Gasteiger partial charge in [-0.3, -0.25) is 9.59 Å². The van der Waals surface area contributed by atoms with Gasteiger partial charge in [-0.05, 0) is 55.0 Å². The van der Waals surface area contributed by atoms with E-state index in [9.17, 15) is 18.0 Å². The second kappa shape index (κ2) is 13.4. The molecule has 2 amide bonds. The Labute approximate surface area is 257 Å². The summed E-state index contributed by atoms with van der Waals surface area (Å²) < 4.78 is 35.7. The van der Waals surface area contributed by atoms with Crippen LogP contribution in [0.25, 0.3) is 16.5 Å². The largest absolute Gasteiger partial charge is 0.381 e. The van der Waals surface area contributed by atoms with E-state index in [0.717, 1.165) is 57.7 Å². The van der Waals surface area contributed by atoms with Crippen LogP contribution in [0.3, 0.4) is 0 Å². The highest BCUT2D eigenvalue weighted by Crippen LogP contribution is 2.63. The standard InChI is InChI=1S/C33H48N4O5S/c1-8-10-11-12-13-14-15-27-26-17-16-23(31(38)34-43(40,41)36(5)6)20-29(26)37-22-33(32(39)35(3)4)21-28(33)25(18-19-42-7)24(9-2)30(27)37/h9,16-18,20,28H,8,10-15,19,21-22H2,1-7H3,(H,34,38)/b24-9+,25-18+. The quantitative estimate of drug-likeness (QED) is 0.315. The van der Waals surface area contributed by atoms with E-state index in [-0.39, 0.29) is 17.4 Å². The number of allylic oxidation sites excluding steroid dienone is 3. The lowest BCUT2D eigenvalue weighted by Gasteiger charge is -2.22. The molecule has 2 heterocycles. The first kappa shape index (κ1) is 33.0. The fraction of sp³-hybridized carbons (Fsp3) is 0.576. The van der Waals surface area contributed by atoms with Crippen molar-refractivity contribution in [2.75, 3.05) is 41.9 Å². The number of hydrogen-bond donors (Lipinski definition) is 1. The number of ether oxygens (including phenoxy) is 1. The molecular formula is C33H48N4O5S. The number of carbonyl (C=O) groups is 2. The number of nitrogens with one attached hydrogen (secondary N) is 1. The van der Waals surface area contributed by atoms with Crippen molar-refractivity contribution in [3.05, 3.63) is 52.7 Å². The van der Waals surface area contributed by atoms with Crippen LogP contribution in [0, 0.1) is 11.3 Å². The fourth-order valence-corrected chi connectivity index (χ4v) is 7.14. The van der Waals surface area contributed by atoms with Gasteiger partial charge in [0.2, 0.25) is 5.91 Å². The zero-order valence-corrected chi connectivity index (χ0v) is 27.6. The third kappa shape index (κ3) is 6.47. The highest BCUT2D eigenvalue weighted by Gasteiger charge is 2.63. The average Bonchev–Trinajstić information content (AvgIpc) is 3.63. The lowest BCUT2D eigenvalue weighted by Crippen LogP contribution is -2.39. The van der Waals surface area contributed by atoms with Crippen LogP contribution < -0.4 is 4.72 Å². The summed E-state index contributed by atoms with van der Waals surface area (Å²) in [5.41, 5.74) is 5.04. The maximum atomic E-state index is 13.8. The van der Waals surface area contributed by atoms with Crippen LogP contribution in [0.5, 0.6) is 0 Å². The number of unbranched alkanes of at least 4 members (excludes halogenated alkanes) is 5. The minimum atomic E-state index is -3.95. The Morgan fingerprint density at radius 2 is 1.81 bits per heavy atom. The third-order valence-electron chi connectivity index (χ3n) is 8.96.